The van der Waals surface area contributed by atoms with Crippen molar-refractivity contribution in [2.45, 2.75) is 39.8 Å². The van der Waals surface area contributed by atoms with Crippen molar-refractivity contribution in [2.24, 2.45) is 11.7 Å². The van der Waals surface area contributed by atoms with Crippen molar-refractivity contribution >= 4 is 17.4 Å². The number of rotatable bonds is 4. The van der Waals surface area contributed by atoms with Gasteiger partial charge in [-0.05, 0) is 33.2 Å². The third-order valence-corrected chi connectivity index (χ3v) is 4.26. The highest BCUT2D eigenvalue weighted by Gasteiger charge is 2.24. The van der Waals surface area contributed by atoms with E-state index in [1.165, 1.54) is 0 Å². The first-order valence-electron chi connectivity index (χ1n) is 6.81. The van der Waals surface area contributed by atoms with Gasteiger partial charge in [-0.15, -0.1) is 0 Å². The monoisotopic (exact) mass is 283 g/mol. The van der Waals surface area contributed by atoms with Crippen molar-refractivity contribution in [1.29, 1.82) is 5.41 Å². The molecule has 2 rings (SSSR count). The Morgan fingerprint density at radius 1 is 1.58 bits per heavy atom. The van der Waals surface area contributed by atoms with E-state index in [2.05, 4.69) is 16.9 Å². The molecule has 1 aliphatic rings. The molecule has 6 heteroatoms. The largest absolute Gasteiger partial charge is 0.387 e. The Bertz CT molecular complexity index is 468. The molecule has 0 aromatic carbocycles. The van der Waals surface area contributed by atoms with Gasteiger partial charge in [0.05, 0.1) is 22.2 Å². The second-order valence-corrected chi connectivity index (χ2v) is 5.57. The third-order valence-electron chi connectivity index (χ3n) is 3.77. The number of hydrogen-bond donors (Lipinski definition) is 2. The lowest BCUT2D eigenvalue weighted by Gasteiger charge is -2.32. The minimum atomic E-state index is 0.187. The van der Waals surface area contributed by atoms with Crippen LogP contribution in [0.3, 0.4) is 0 Å². The van der Waals surface area contributed by atoms with Crippen molar-refractivity contribution in [3.63, 3.8) is 0 Å². The molecule has 0 amide bonds. The Hall–Kier alpha value is -1.07. The summed E-state index contributed by atoms with van der Waals surface area (Å²) in [5.41, 5.74) is 7.59. The minimum absolute atomic E-state index is 0.187. The second kappa shape index (κ2) is 5.92. The Kier molecular flexibility index (Phi) is 4.47. The molecule has 5 nitrogen and oxygen atoms in total. The zero-order valence-electron chi connectivity index (χ0n) is 11.6. The highest BCUT2D eigenvalue weighted by atomic mass is 35.5. The first kappa shape index (κ1) is 14.3. The molecule has 0 bridgehead atoms. The van der Waals surface area contributed by atoms with E-state index in [9.17, 15) is 0 Å². The highest BCUT2D eigenvalue weighted by Crippen LogP contribution is 2.24. The van der Waals surface area contributed by atoms with Crippen LogP contribution in [0.5, 0.6) is 0 Å². The number of nitrogens with one attached hydrogen (secondary N) is 1. The molecule has 1 aromatic heterocycles. The summed E-state index contributed by atoms with van der Waals surface area (Å²) in [4.78, 5) is 2.32. The average Bonchev–Trinajstić information content (AvgIpc) is 2.67. The van der Waals surface area contributed by atoms with E-state index in [1.54, 1.807) is 0 Å². The Balaban J connectivity index is 2.10. The number of nitrogens with zero attached hydrogens (tertiary/aromatic N) is 3. The van der Waals surface area contributed by atoms with Crippen LogP contribution in [0.1, 0.15) is 31.2 Å². The highest BCUT2D eigenvalue weighted by molar-refractivity contribution is 6.31. The Morgan fingerprint density at radius 3 is 2.95 bits per heavy atom. The molecule has 1 aromatic rings. The zero-order valence-corrected chi connectivity index (χ0v) is 12.4. The smallest absolute Gasteiger partial charge is 0.0949 e. The number of amidine groups is 1. The molecule has 106 valence electrons. The Labute approximate surface area is 119 Å². The van der Waals surface area contributed by atoms with Crippen LogP contribution < -0.4 is 5.73 Å². The van der Waals surface area contributed by atoms with Crippen molar-refractivity contribution in [1.82, 2.24) is 14.7 Å². The first-order valence-corrected chi connectivity index (χ1v) is 7.18. The maximum absolute atomic E-state index is 7.59. The van der Waals surface area contributed by atoms with E-state index in [4.69, 9.17) is 22.7 Å². The number of aromatic nitrogens is 2. The number of aryl methyl sites for hydroxylation is 2. The van der Waals surface area contributed by atoms with Crippen LogP contribution in [0, 0.1) is 18.3 Å². The summed E-state index contributed by atoms with van der Waals surface area (Å²) in [6.07, 6.45) is 2.10. The fraction of sp³-hybridized carbons (Fsp3) is 0.692. The molecule has 1 atom stereocenters. The molecule has 0 saturated carbocycles. The summed E-state index contributed by atoms with van der Waals surface area (Å²) in [7, 11) is 0. The van der Waals surface area contributed by atoms with Gasteiger partial charge in [0.2, 0.25) is 0 Å². The maximum Gasteiger partial charge on any atom is 0.0949 e. The standard InChI is InChI=1S/C13H22ClN5/c1-3-19-11(12(14)9(2)17-19)8-18-6-4-5-10(7-18)13(15)16/h10H,3-8H2,1-2H3,(H3,15,16). The van der Waals surface area contributed by atoms with Crippen LogP contribution in [-0.2, 0) is 13.1 Å². The van der Waals surface area contributed by atoms with Crippen LogP contribution in [0.2, 0.25) is 5.02 Å². The third kappa shape index (κ3) is 3.09. The topological polar surface area (TPSA) is 70.9 Å². The average molecular weight is 284 g/mol. The van der Waals surface area contributed by atoms with Gasteiger partial charge in [-0.1, -0.05) is 11.6 Å². The lowest BCUT2D eigenvalue weighted by molar-refractivity contribution is 0.191. The van der Waals surface area contributed by atoms with Gasteiger partial charge in [0, 0.05) is 25.6 Å². The molecule has 0 spiro atoms. The normalized spacial score (nSPS) is 20.7. The van der Waals surface area contributed by atoms with Gasteiger partial charge in [0.25, 0.3) is 0 Å². The summed E-state index contributed by atoms with van der Waals surface area (Å²) in [6.45, 7) is 7.51. The van der Waals surface area contributed by atoms with E-state index < -0.39 is 0 Å². The van der Waals surface area contributed by atoms with Gasteiger partial charge in [-0.25, -0.2) is 0 Å². The van der Waals surface area contributed by atoms with Gasteiger partial charge in [-0.3, -0.25) is 15.0 Å². The summed E-state index contributed by atoms with van der Waals surface area (Å²) in [5, 5.41) is 12.8. The summed E-state index contributed by atoms with van der Waals surface area (Å²) in [6, 6.07) is 0. The van der Waals surface area contributed by atoms with E-state index in [0.29, 0.717) is 5.84 Å². The molecule has 0 radical (unpaired) electrons. The Morgan fingerprint density at radius 2 is 2.32 bits per heavy atom. The predicted octanol–water partition coefficient (Wildman–Crippen LogP) is 2.01. The van der Waals surface area contributed by atoms with Crippen LogP contribution in [0.15, 0.2) is 0 Å². The fourth-order valence-electron chi connectivity index (χ4n) is 2.68. The van der Waals surface area contributed by atoms with E-state index in [0.717, 1.165) is 55.4 Å². The van der Waals surface area contributed by atoms with Crippen molar-refractivity contribution < 1.29 is 0 Å². The number of nitrogens with two attached hydrogens (primary N) is 1. The molecule has 0 aliphatic carbocycles. The molecule has 1 saturated heterocycles. The van der Waals surface area contributed by atoms with Crippen LogP contribution >= 0.6 is 11.6 Å². The van der Waals surface area contributed by atoms with Gasteiger partial charge in [0.15, 0.2) is 0 Å². The van der Waals surface area contributed by atoms with Gasteiger partial charge < -0.3 is 5.73 Å². The molecule has 1 unspecified atom stereocenters. The number of likely N-dealkylation sites (tertiary alicyclic amines) is 1. The number of halogens is 1. The fourth-order valence-corrected chi connectivity index (χ4v) is 2.88. The summed E-state index contributed by atoms with van der Waals surface area (Å²) in [5.74, 6) is 0.489. The van der Waals surface area contributed by atoms with Gasteiger partial charge in [-0.2, -0.15) is 5.10 Å². The quantitative estimate of drug-likeness (QED) is 0.656. The SMILES string of the molecule is CCn1nc(C)c(Cl)c1CN1CCCC(C(=N)N)C1. The number of hydrogen-bond acceptors (Lipinski definition) is 3. The zero-order chi connectivity index (χ0) is 14.0. The summed E-state index contributed by atoms with van der Waals surface area (Å²) >= 11 is 6.33. The van der Waals surface area contributed by atoms with E-state index in [1.807, 2.05) is 11.6 Å². The van der Waals surface area contributed by atoms with Crippen LogP contribution in [-0.4, -0.2) is 33.6 Å². The molecule has 2 heterocycles. The van der Waals surface area contributed by atoms with Crippen molar-refractivity contribution in [3.05, 3.63) is 16.4 Å². The van der Waals surface area contributed by atoms with Crippen molar-refractivity contribution in [2.75, 3.05) is 13.1 Å². The summed E-state index contributed by atoms with van der Waals surface area (Å²) < 4.78 is 1.97. The van der Waals surface area contributed by atoms with Gasteiger partial charge in [0.1, 0.15) is 0 Å². The molecule has 1 aliphatic heterocycles. The van der Waals surface area contributed by atoms with Crippen LogP contribution in [0.4, 0.5) is 0 Å². The number of piperidine rings is 1. The molecule has 3 N–H and O–H groups in total. The molecular weight excluding hydrogens is 262 g/mol. The first-order chi connectivity index (χ1) is 9.02. The van der Waals surface area contributed by atoms with E-state index in [-0.39, 0.29) is 5.92 Å². The second-order valence-electron chi connectivity index (χ2n) is 5.19. The lowest BCUT2D eigenvalue weighted by atomic mass is 9.97. The molecular formula is C13H22ClN5. The molecule has 19 heavy (non-hydrogen) atoms. The maximum atomic E-state index is 7.59. The molecule has 1 fully saturated rings. The lowest BCUT2D eigenvalue weighted by Crippen LogP contribution is -2.40. The predicted molar refractivity (Wildman–Crippen MR) is 77.6 cm³/mol. The van der Waals surface area contributed by atoms with Crippen molar-refractivity contribution in [3.8, 4) is 0 Å². The van der Waals surface area contributed by atoms with Crippen LogP contribution in [0.25, 0.3) is 0 Å². The minimum Gasteiger partial charge on any atom is -0.387 e. The van der Waals surface area contributed by atoms with Gasteiger partial charge >= 0.3 is 0 Å². The van der Waals surface area contributed by atoms with E-state index >= 15 is 0 Å².